The zero-order chi connectivity index (χ0) is 13.7. The molecular weight excluding hydrogens is 244 g/mol. The summed E-state index contributed by atoms with van der Waals surface area (Å²) in [5.41, 5.74) is 1.12. The average Bonchev–Trinajstić information content (AvgIpc) is 2.84. The van der Waals surface area contributed by atoms with Crippen LogP contribution in [0.15, 0.2) is 42.7 Å². The van der Waals surface area contributed by atoms with Gasteiger partial charge in [-0.3, -0.25) is 4.79 Å². The monoisotopic (exact) mass is 258 g/mol. The van der Waals surface area contributed by atoms with Crippen LogP contribution in [0.5, 0.6) is 0 Å². The van der Waals surface area contributed by atoms with Crippen molar-refractivity contribution < 1.29 is 14.7 Å². The predicted octanol–water partition coefficient (Wildman–Crippen LogP) is 1.52. The Morgan fingerprint density at radius 1 is 1.21 bits per heavy atom. The van der Waals surface area contributed by atoms with Gasteiger partial charge < -0.3 is 9.67 Å². The van der Waals surface area contributed by atoms with E-state index >= 15 is 0 Å². The Balaban J connectivity index is 2.02. The number of carboxylic acids is 1. The summed E-state index contributed by atoms with van der Waals surface area (Å²) in [6.07, 6.45) is 4.06. The lowest BCUT2D eigenvalue weighted by molar-refractivity contribution is -0.149. The van der Waals surface area contributed by atoms with Gasteiger partial charge in [-0.1, -0.05) is 30.3 Å². The second-order valence-electron chi connectivity index (χ2n) is 4.18. The Morgan fingerprint density at radius 3 is 2.63 bits per heavy atom. The topological polar surface area (TPSA) is 72.2 Å². The first-order valence-electron chi connectivity index (χ1n) is 5.97. The molecule has 1 heterocycles. The number of hydrogen-bond acceptors (Lipinski definition) is 3. The molecule has 0 aliphatic rings. The highest BCUT2D eigenvalue weighted by molar-refractivity contribution is 6.32. The molecular formula is C14H14N2O3. The van der Waals surface area contributed by atoms with E-state index in [-0.39, 0.29) is 6.42 Å². The van der Waals surface area contributed by atoms with Crippen molar-refractivity contribution in [2.24, 2.45) is 0 Å². The molecule has 0 bridgehead atoms. The van der Waals surface area contributed by atoms with Gasteiger partial charge in [-0.25, -0.2) is 9.78 Å². The van der Waals surface area contributed by atoms with Crippen molar-refractivity contribution in [3.05, 3.63) is 54.1 Å². The zero-order valence-corrected chi connectivity index (χ0v) is 10.3. The number of aromatic nitrogens is 2. The molecule has 0 saturated carbocycles. The molecule has 0 fully saturated rings. The quantitative estimate of drug-likeness (QED) is 0.797. The maximum atomic E-state index is 11.1. The molecule has 0 radical (unpaired) electrons. The van der Waals surface area contributed by atoms with Crippen molar-refractivity contribution in [1.29, 1.82) is 0 Å². The summed E-state index contributed by atoms with van der Waals surface area (Å²) in [6.45, 7) is 0.341. The van der Waals surface area contributed by atoms with Gasteiger partial charge >= 0.3 is 5.97 Å². The Morgan fingerprint density at radius 2 is 1.95 bits per heavy atom. The lowest BCUT2D eigenvalue weighted by Crippen LogP contribution is -2.15. The summed E-state index contributed by atoms with van der Waals surface area (Å²) in [5, 5.41) is 8.54. The molecule has 1 aromatic carbocycles. The minimum absolute atomic E-state index is 0.0204. The molecule has 0 aliphatic carbocycles. The van der Waals surface area contributed by atoms with Crippen LogP contribution in [-0.4, -0.2) is 26.4 Å². The highest BCUT2D eigenvalue weighted by Crippen LogP contribution is 2.08. The second-order valence-corrected chi connectivity index (χ2v) is 4.18. The molecule has 19 heavy (non-hydrogen) atoms. The van der Waals surface area contributed by atoms with Crippen molar-refractivity contribution in [3.63, 3.8) is 0 Å². The van der Waals surface area contributed by atoms with Gasteiger partial charge in [-0.2, -0.15) is 0 Å². The van der Waals surface area contributed by atoms with Crippen LogP contribution in [0.25, 0.3) is 0 Å². The first-order valence-corrected chi connectivity index (χ1v) is 5.97. The van der Waals surface area contributed by atoms with E-state index in [1.165, 1.54) is 0 Å². The van der Waals surface area contributed by atoms with Gasteiger partial charge in [0.25, 0.3) is 0 Å². The number of nitrogens with zero attached hydrogens (tertiary/aromatic N) is 2. The number of carboxylic acid groups (broad SMARTS) is 1. The Bertz CT molecular complexity index is 575. The van der Waals surface area contributed by atoms with Crippen molar-refractivity contribution >= 4 is 11.8 Å². The van der Waals surface area contributed by atoms with Crippen LogP contribution in [-0.2, 0) is 22.6 Å². The number of hydrogen-bond donors (Lipinski definition) is 1. The fraction of sp³-hybridized carbons (Fsp3) is 0.214. The Labute approximate surface area is 110 Å². The molecule has 0 spiro atoms. The standard InChI is InChI=1S/C14H14N2O3/c17-12(14(18)19)6-8-16-9-7-15-13(16)10-11-4-2-1-3-5-11/h1-5,7,9H,6,8,10H2,(H,18,19). The van der Waals surface area contributed by atoms with E-state index in [0.29, 0.717) is 13.0 Å². The van der Waals surface area contributed by atoms with E-state index in [1.807, 2.05) is 34.9 Å². The maximum absolute atomic E-state index is 11.1. The highest BCUT2D eigenvalue weighted by Gasteiger charge is 2.12. The summed E-state index contributed by atoms with van der Waals surface area (Å²) in [4.78, 5) is 25.8. The lowest BCUT2D eigenvalue weighted by atomic mass is 10.1. The van der Waals surface area contributed by atoms with Gasteiger partial charge in [0, 0.05) is 31.8 Å². The van der Waals surface area contributed by atoms with E-state index in [4.69, 9.17) is 5.11 Å². The van der Waals surface area contributed by atoms with E-state index in [0.717, 1.165) is 11.4 Å². The minimum atomic E-state index is -1.38. The third kappa shape index (κ3) is 3.51. The largest absolute Gasteiger partial charge is 0.476 e. The van der Waals surface area contributed by atoms with Crippen LogP contribution in [0.1, 0.15) is 17.8 Å². The van der Waals surface area contributed by atoms with E-state index in [9.17, 15) is 9.59 Å². The molecule has 0 amide bonds. The summed E-state index contributed by atoms with van der Waals surface area (Å²) in [6, 6.07) is 9.86. The molecule has 5 nitrogen and oxygen atoms in total. The average molecular weight is 258 g/mol. The summed E-state index contributed by atoms with van der Waals surface area (Å²) in [5.74, 6) is -1.34. The Kier molecular flexibility index (Phi) is 4.07. The Hall–Kier alpha value is -2.43. The van der Waals surface area contributed by atoms with E-state index in [2.05, 4.69) is 4.98 Å². The number of carbonyl (C=O) groups is 2. The number of ketones is 1. The van der Waals surface area contributed by atoms with E-state index < -0.39 is 11.8 Å². The maximum Gasteiger partial charge on any atom is 0.372 e. The van der Waals surface area contributed by atoms with Crippen LogP contribution in [0.2, 0.25) is 0 Å². The van der Waals surface area contributed by atoms with Crippen LogP contribution in [0.3, 0.4) is 0 Å². The smallest absolute Gasteiger partial charge is 0.372 e. The normalized spacial score (nSPS) is 10.3. The number of carbonyl (C=O) groups excluding carboxylic acids is 1. The van der Waals surface area contributed by atoms with Gasteiger partial charge in [0.15, 0.2) is 0 Å². The number of aliphatic carboxylic acids is 1. The SMILES string of the molecule is O=C(O)C(=O)CCn1ccnc1Cc1ccccc1. The lowest BCUT2D eigenvalue weighted by Gasteiger charge is -2.06. The predicted molar refractivity (Wildman–Crippen MR) is 68.7 cm³/mol. The number of benzene rings is 1. The molecule has 2 aromatic rings. The molecule has 0 atom stereocenters. The van der Waals surface area contributed by atoms with Crippen molar-refractivity contribution in [2.45, 2.75) is 19.4 Å². The van der Waals surface area contributed by atoms with Gasteiger partial charge in [-0.15, -0.1) is 0 Å². The van der Waals surface area contributed by atoms with Crippen molar-refractivity contribution in [3.8, 4) is 0 Å². The van der Waals surface area contributed by atoms with E-state index in [1.54, 1.807) is 12.4 Å². The van der Waals surface area contributed by atoms with Crippen LogP contribution >= 0.6 is 0 Å². The first-order chi connectivity index (χ1) is 9.16. The molecule has 0 saturated heterocycles. The fourth-order valence-corrected chi connectivity index (χ4v) is 1.82. The molecule has 0 aliphatic heterocycles. The molecule has 98 valence electrons. The molecule has 1 N–H and O–H groups in total. The summed E-state index contributed by atoms with van der Waals surface area (Å²) in [7, 11) is 0. The van der Waals surface area contributed by atoms with Gasteiger partial charge in [0.2, 0.25) is 5.78 Å². The molecule has 2 rings (SSSR count). The van der Waals surface area contributed by atoms with Crippen LogP contribution < -0.4 is 0 Å². The van der Waals surface area contributed by atoms with Gasteiger partial charge in [0.05, 0.1) is 0 Å². The van der Waals surface area contributed by atoms with Crippen LogP contribution in [0.4, 0.5) is 0 Å². The number of Topliss-reactive ketones (excluding diaryl/α,β-unsaturated/α-hetero) is 1. The summed E-state index contributed by atoms with van der Waals surface area (Å²) >= 11 is 0. The van der Waals surface area contributed by atoms with Crippen molar-refractivity contribution in [2.75, 3.05) is 0 Å². The first kappa shape index (κ1) is 13.0. The zero-order valence-electron chi connectivity index (χ0n) is 10.3. The molecule has 1 aromatic heterocycles. The summed E-state index contributed by atoms with van der Waals surface area (Å²) < 4.78 is 1.81. The second kappa shape index (κ2) is 5.95. The van der Waals surface area contributed by atoms with Crippen molar-refractivity contribution in [1.82, 2.24) is 9.55 Å². The number of rotatable bonds is 6. The van der Waals surface area contributed by atoms with Crippen LogP contribution in [0, 0.1) is 0 Å². The number of imidazole rings is 1. The molecule has 0 unspecified atom stereocenters. The third-order valence-corrected chi connectivity index (χ3v) is 2.83. The van der Waals surface area contributed by atoms with Gasteiger partial charge in [-0.05, 0) is 5.56 Å². The minimum Gasteiger partial charge on any atom is -0.476 e. The third-order valence-electron chi connectivity index (χ3n) is 2.83. The van der Waals surface area contributed by atoms with Gasteiger partial charge in [0.1, 0.15) is 5.82 Å². The fourth-order valence-electron chi connectivity index (χ4n) is 1.82. The highest BCUT2D eigenvalue weighted by atomic mass is 16.4. The molecule has 5 heteroatoms. The number of aryl methyl sites for hydroxylation is 1.